The summed E-state index contributed by atoms with van der Waals surface area (Å²) in [4.78, 5) is 26.9. The Bertz CT molecular complexity index is 999. The predicted molar refractivity (Wildman–Crippen MR) is 107 cm³/mol. The molecule has 6 nitrogen and oxygen atoms in total. The molecule has 3 aromatic rings. The van der Waals surface area contributed by atoms with E-state index in [-0.39, 0.29) is 11.8 Å². The Morgan fingerprint density at radius 2 is 1.75 bits per heavy atom. The Balaban J connectivity index is 1.47. The highest BCUT2D eigenvalue weighted by molar-refractivity contribution is 6.07. The van der Waals surface area contributed by atoms with Crippen LogP contribution in [0, 0.1) is 0 Å². The van der Waals surface area contributed by atoms with E-state index < -0.39 is 0 Å². The molecule has 1 aliphatic heterocycles. The molecule has 28 heavy (non-hydrogen) atoms. The number of ether oxygens (including phenoxy) is 1. The van der Waals surface area contributed by atoms with Crippen LogP contribution in [0.4, 0.5) is 5.69 Å². The SMILES string of the molecule is O=C(/C=C/c1cc2ccccc2o1)Nc1ccccc1C(=O)N1CCOCC1. The van der Waals surface area contributed by atoms with E-state index in [2.05, 4.69) is 5.32 Å². The molecule has 1 aliphatic rings. The summed E-state index contributed by atoms with van der Waals surface area (Å²) in [5.41, 5.74) is 1.72. The van der Waals surface area contributed by atoms with Crippen molar-refractivity contribution in [2.45, 2.75) is 0 Å². The molecule has 0 atom stereocenters. The lowest BCUT2D eigenvalue weighted by Gasteiger charge is -2.27. The van der Waals surface area contributed by atoms with Crippen molar-refractivity contribution >= 4 is 34.5 Å². The molecule has 1 saturated heterocycles. The summed E-state index contributed by atoms with van der Waals surface area (Å²) in [6.07, 6.45) is 3.01. The molecule has 2 heterocycles. The zero-order chi connectivity index (χ0) is 19.3. The molecule has 1 N–H and O–H groups in total. The number of fused-ring (bicyclic) bond motifs is 1. The third kappa shape index (κ3) is 3.97. The summed E-state index contributed by atoms with van der Waals surface area (Å²) >= 11 is 0. The number of morpholine rings is 1. The van der Waals surface area contributed by atoms with E-state index in [9.17, 15) is 9.59 Å². The maximum Gasteiger partial charge on any atom is 0.256 e. The summed E-state index contributed by atoms with van der Waals surface area (Å²) in [5, 5.41) is 3.76. The van der Waals surface area contributed by atoms with Gasteiger partial charge >= 0.3 is 0 Å². The fourth-order valence-corrected chi connectivity index (χ4v) is 3.13. The number of para-hydroxylation sites is 2. The number of amides is 2. The third-order valence-corrected chi connectivity index (χ3v) is 4.56. The molecule has 6 heteroatoms. The van der Waals surface area contributed by atoms with Gasteiger partial charge in [0.1, 0.15) is 11.3 Å². The van der Waals surface area contributed by atoms with Crippen LogP contribution in [0.3, 0.4) is 0 Å². The van der Waals surface area contributed by atoms with Crippen molar-refractivity contribution in [3.63, 3.8) is 0 Å². The minimum absolute atomic E-state index is 0.111. The molecule has 142 valence electrons. The molecule has 1 aromatic heterocycles. The van der Waals surface area contributed by atoms with Crippen molar-refractivity contribution in [2.75, 3.05) is 31.6 Å². The topological polar surface area (TPSA) is 71.8 Å². The zero-order valence-corrected chi connectivity index (χ0v) is 15.3. The predicted octanol–water partition coefficient (Wildman–Crippen LogP) is 3.56. The second kappa shape index (κ2) is 8.10. The van der Waals surface area contributed by atoms with Crippen LogP contribution < -0.4 is 5.32 Å². The van der Waals surface area contributed by atoms with Gasteiger partial charge in [-0.25, -0.2) is 0 Å². The highest BCUT2D eigenvalue weighted by Gasteiger charge is 2.21. The lowest BCUT2D eigenvalue weighted by Crippen LogP contribution is -2.41. The standard InChI is InChI=1S/C22H20N2O4/c25-21(10-9-17-15-16-5-1-4-8-20(16)28-17)23-19-7-3-2-6-18(19)22(26)24-11-13-27-14-12-24/h1-10,15H,11-14H2,(H,23,25)/b10-9+. The molecule has 4 rings (SSSR count). The van der Waals surface area contributed by atoms with Gasteiger partial charge in [-0.1, -0.05) is 30.3 Å². The molecule has 0 unspecified atom stereocenters. The molecule has 2 aromatic carbocycles. The third-order valence-electron chi connectivity index (χ3n) is 4.56. The Labute approximate surface area is 162 Å². The summed E-state index contributed by atoms with van der Waals surface area (Å²) in [5.74, 6) is 0.150. The van der Waals surface area contributed by atoms with Crippen molar-refractivity contribution in [1.82, 2.24) is 4.90 Å². The number of nitrogens with zero attached hydrogens (tertiary/aromatic N) is 1. The first-order valence-electron chi connectivity index (χ1n) is 9.14. The highest BCUT2D eigenvalue weighted by Crippen LogP contribution is 2.21. The smallest absolute Gasteiger partial charge is 0.256 e. The lowest BCUT2D eigenvalue weighted by atomic mass is 10.1. The van der Waals surface area contributed by atoms with E-state index in [1.165, 1.54) is 6.08 Å². The van der Waals surface area contributed by atoms with Crippen LogP contribution in [0.2, 0.25) is 0 Å². The van der Waals surface area contributed by atoms with Crippen molar-refractivity contribution in [2.24, 2.45) is 0 Å². The largest absolute Gasteiger partial charge is 0.457 e. The first-order valence-corrected chi connectivity index (χ1v) is 9.14. The molecule has 0 bridgehead atoms. The van der Waals surface area contributed by atoms with E-state index >= 15 is 0 Å². The Morgan fingerprint density at radius 1 is 1.00 bits per heavy atom. The second-order valence-electron chi connectivity index (χ2n) is 6.46. The number of nitrogens with one attached hydrogen (secondary N) is 1. The van der Waals surface area contributed by atoms with Crippen LogP contribution in [0.15, 0.2) is 65.1 Å². The molecule has 1 fully saturated rings. The normalized spacial score (nSPS) is 14.5. The Kier molecular flexibility index (Phi) is 5.21. The van der Waals surface area contributed by atoms with Gasteiger partial charge in [0.2, 0.25) is 5.91 Å². The first kappa shape index (κ1) is 18.0. The minimum atomic E-state index is -0.331. The number of hydrogen-bond acceptors (Lipinski definition) is 4. The maximum atomic E-state index is 12.8. The van der Waals surface area contributed by atoms with Gasteiger partial charge in [-0.15, -0.1) is 0 Å². The van der Waals surface area contributed by atoms with Crippen LogP contribution in [-0.4, -0.2) is 43.0 Å². The van der Waals surface area contributed by atoms with Crippen LogP contribution in [-0.2, 0) is 9.53 Å². The Hall–Kier alpha value is -3.38. The number of carbonyl (C=O) groups excluding carboxylic acids is 2. The van der Waals surface area contributed by atoms with Gasteiger partial charge in [0.25, 0.3) is 5.91 Å². The molecule has 0 saturated carbocycles. The van der Waals surface area contributed by atoms with Gasteiger partial charge in [-0.3, -0.25) is 9.59 Å². The van der Waals surface area contributed by atoms with Crippen LogP contribution in [0.1, 0.15) is 16.1 Å². The quantitative estimate of drug-likeness (QED) is 0.707. The van der Waals surface area contributed by atoms with Crippen LogP contribution >= 0.6 is 0 Å². The summed E-state index contributed by atoms with van der Waals surface area (Å²) in [7, 11) is 0. The summed E-state index contributed by atoms with van der Waals surface area (Å²) in [6, 6.07) is 16.5. The number of carbonyl (C=O) groups is 2. The van der Waals surface area contributed by atoms with Crippen molar-refractivity contribution in [3.8, 4) is 0 Å². The fourth-order valence-electron chi connectivity index (χ4n) is 3.13. The van der Waals surface area contributed by atoms with Crippen molar-refractivity contribution in [1.29, 1.82) is 0 Å². The lowest BCUT2D eigenvalue weighted by molar-refractivity contribution is -0.111. The fraction of sp³-hybridized carbons (Fsp3) is 0.182. The summed E-state index contributed by atoms with van der Waals surface area (Å²) in [6.45, 7) is 2.15. The molecule has 0 aliphatic carbocycles. The molecular weight excluding hydrogens is 356 g/mol. The monoisotopic (exact) mass is 376 g/mol. The van der Waals surface area contributed by atoms with Gasteiger partial charge in [0.15, 0.2) is 0 Å². The van der Waals surface area contributed by atoms with Gasteiger partial charge < -0.3 is 19.4 Å². The van der Waals surface area contributed by atoms with Gasteiger partial charge in [0.05, 0.1) is 24.5 Å². The molecule has 0 spiro atoms. The van der Waals surface area contributed by atoms with Gasteiger partial charge in [-0.2, -0.15) is 0 Å². The number of benzene rings is 2. The average Bonchev–Trinajstić information content (AvgIpc) is 3.16. The second-order valence-corrected chi connectivity index (χ2v) is 6.46. The van der Waals surface area contributed by atoms with E-state index in [4.69, 9.17) is 9.15 Å². The van der Waals surface area contributed by atoms with E-state index in [1.807, 2.05) is 30.3 Å². The highest BCUT2D eigenvalue weighted by atomic mass is 16.5. The van der Waals surface area contributed by atoms with Gasteiger partial charge in [-0.05, 0) is 30.3 Å². The maximum absolute atomic E-state index is 12.8. The van der Waals surface area contributed by atoms with E-state index in [0.29, 0.717) is 43.3 Å². The van der Waals surface area contributed by atoms with E-state index in [1.54, 1.807) is 35.2 Å². The number of hydrogen-bond donors (Lipinski definition) is 1. The van der Waals surface area contributed by atoms with Crippen LogP contribution in [0.25, 0.3) is 17.0 Å². The molecular formula is C22H20N2O4. The van der Waals surface area contributed by atoms with Crippen LogP contribution in [0.5, 0.6) is 0 Å². The average molecular weight is 376 g/mol. The molecule has 2 amide bonds. The van der Waals surface area contributed by atoms with Crippen molar-refractivity contribution in [3.05, 3.63) is 72.0 Å². The van der Waals surface area contributed by atoms with Gasteiger partial charge in [0, 0.05) is 24.6 Å². The Morgan fingerprint density at radius 3 is 2.57 bits per heavy atom. The molecule has 0 radical (unpaired) electrons. The summed E-state index contributed by atoms with van der Waals surface area (Å²) < 4.78 is 11.0. The number of rotatable bonds is 4. The van der Waals surface area contributed by atoms with Crippen molar-refractivity contribution < 1.29 is 18.7 Å². The minimum Gasteiger partial charge on any atom is -0.457 e. The zero-order valence-electron chi connectivity index (χ0n) is 15.3. The number of furan rings is 1. The first-order chi connectivity index (χ1) is 13.7. The number of anilines is 1. The van der Waals surface area contributed by atoms with E-state index in [0.717, 1.165) is 11.0 Å².